The summed E-state index contributed by atoms with van der Waals surface area (Å²) in [7, 11) is -3.38. The van der Waals surface area contributed by atoms with Crippen molar-refractivity contribution in [2.45, 2.75) is 49.3 Å². The second kappa shape index (κ2) is 6.74. The quantitative estimate of drug-likeness (QED) is 0.726. The number of nitrogens with zero attached hydrogens (tertiary/aromatic N) is 3. The van der Waals surface area contributed by atoms with Crippen LogP contribution in [0.15, 0.2) is 27.6 Å². The highest BCUT2D eigenvalue weighted by Crippen LogP contribution is 2.40. The molecule has 1 saturated carbocycles. The largest absolute Gasteiger partial charge is 0.370 e. The Bertz CT molecular complexity index is 971. The first kappa shape index (κ1) is 18.2. The molecule has 0 atom stereocenters. The number of carbonyl (C=O) groups excluding carboxylic acids is 1. The molecule has 1 saturated heterocycles. The van der Waals surface area contributed by atoms with Gasteiger partial charge in [-0.2, -0.15) is 4.98 Å². The van der Waals surface area contributed by atoms with Gasteiger partial charge in [0.05, 0.1) is 10.6 Å². The molecule has 1 aromatic carbocycles. The molecule has 2 aromatic rings. The van der Waals surface area contributed by atoms with E-state index in [1.807, 2.05) is 4.90 Å². The molecule has 0 N–H and O–H groups in total. The van der Waals surface area contributed by atoms with Crippen molar-refractivity contribution >= 4 is 21.3 Å². The standard InChI is InChI=1S/C19H23N3O4S/c1-12(23)15-5-6-17(27(2,24)25)16(11-15)22-9-7-13(8-10-22)18-20-19(26-21-18)14-3-4-14/h5-6,11,13-14H,3-4,7-10H2,1-2H3. The molecule has 0 radical (unpaired) electrons. The molecule has 144 valence electrons. The molecule has 1 aromatic heterocycles. The average Bonchev–Trinajstić information content (AvgIpc) is 3.37. The van der Waals surface area contributed by atoms with E-state index >= 15 is 0 Å². The number of sulfone groups is 1. The van der Waals surface area contributed by atoms with Crippen LogP contribution in [-0.2, 0) is 9.84 Å². The molecule has 8 heteroatoms. The van der Waals surface area contributed by atoms with Crippen molar-refractivity contribution in [1.29, 1.82) is 0 Å². The molecule has 0 unspecified atom stereocenters. The van der Waals surface area contributed by atoms with Crippen LogP contribution in [0.5, 0.6) is 0 Å². The minimum absolute atomic E-state index is 0.0782. The highest BCUT2D eigenvalue weighted by molar-refractivity contribution is 7.90. The predicted octanol–water partition coefficient (Wildman–Crippen LogP) is 2.94. The topological polar surface area (TPSA) is 93.4 Å². The van der Waals surface area contributed by atoms with Gasteiger partial charge in [-0.1, -0.05) is 5.16 Å². The van der Waals surface area contributed by atoms with Gasteiger partial charge in [0.25, 0.3) is 0 Å². The number of hydrogen-bond acceptors (Lipinski definition) is 7. The van der Waals surface area contributed by atoms with Gasteiger partial charge in [-0.15, -0.1) is 0 Å². The Morgan fingerprint density at radius 3 is 2.44 bits per heavy atom. The number of carbonyl (C=O) groups is 1. The van der Waals surface area contributed by atoms with Crippen LogP contribution >= 0.6 is 0 Å². The fourth-order valence-corrected chi connectivity index (χ4v) is 4.47. The zero-order valence-corrected chi connectivity index (χ0v) is 16.3. The molecule has 7 nitrogen and oxygen atoms in total. The Morgan fingerprint density at radius 2 is 1.85 bits per heavy atom. The van der Waals surface area contributed by atoms with Crippen molar-refractivity contribution in [3.63, 3.8) is 0 Å². The van der Waals surface area contributed by atoms with Gasteiger partial charge in [-0.05, 0) is 50.8 Å². The van der Waals surface area contributed by atoms with E-state index in [4.69, 9.17) is 4.52 Å². The monoisotopic (exact) mass is 389 g/mol. The van der Waals surface area contributed by atoms with E-state index in [2.05, 4.69) is 10.1 Å². The van der Waals surface area contributed by atoms with Gasteiger partial charge < -0.3 is 9.42 Å². The van der Waals surface area contributed by atoms with E-state index in [1.165, 1.54) is 19.2 Å². The van der Waals surface area contributed by atoms with Crippen LogP contribution in [-0.4, -0.2) is 43.7 Å². The van der Waals surface area contributed by atoms with Gasteiger partial charge in [-0.3, -0.25) is 4.79 Å². The summed E-state index contributed by atoms with van der Waals surface area (Å²) in [5, 5.41) is 4.15. The molecular formula is C19H23N3O4S. The van der Waals surface area contributed by atoms with Crippen LogP contribution in [0, 0.1) is 0 Å². The second-order valence-electron chi connectivity index (χ2n) is 7.54. The number of anilines is 1. The summed E-state index contributed by atoms with van der Waals surface area (Å²) >= 11 is 0. The lowest BCUT2D eigenvalue weighted by atomic mass is 9.95. The number of benzene rings is 1. The Kier molecular flexibility index (Phi) is 4.53. The van der Waals surface area contributed by atoms with E-state index < -0.39 is 9.84 Å². The van der Waals surface area contributed by atoms with E-state index in [0.29, 0.717) is 30.3 Å². The van der Waals surface area contributed by atoms with Crippen molar-refractivity contribution in [3.8, 4) is 0 Å². The lowest BCUT2D eigenvalue weighted by molar-refractivity contribution is 0.101. The first-order chi connectivity index (χ1) is 12.8. The third-order valence-corrected chi connectivity index (χ3v) is 6.49. The summed E-state index contributed by atoms with van der Waals surface area (Å²) in [6.45, 7) is 2.85. The molecular weight excluding hydrogens is 366 g/mol. The van der Waals surface area contributed by atoms with E-state index in [-0.39, 0.29) is 16.6 Å². The predicted molar refractivity (Wildman–Crippen MR) is 100 cm³/mol. The molecule has 2 fully saturated rings. The van der Waals surface area contributed by atoms with Gasteiger partial charge in [0.2, 0.25) is 5.89 Å². The Morgan fingerprint density at radius 1 is 1.15 bits per heavy atom. The van der Waals surface area contributed by atoms with Gasteiger partial charge in [0, 0.05) is 36.7 Å². The van der Waals surface area contributed by atoms with E-state index in [0.717, 1.165) is 37.4 Å². The first-order valence-electron chi connectivity index (χ1n) is 9.26. The van der Waals surface area contributed by atoms with Crippen LogP contribution in [0.2, 0.25) is 0 Å². The van der Waals surface area contributed by atoms with Crippen molar-refractivity contribution in [2.24, 2.45) is 0 Å². The summed E-state index contributed by atoms with van der Waals surface area (Å²) in [6, 6.07) is 4.81. The fraction of sp³-hybridized carbons (Fsp3) is 0.526. The van der Waals surface area contributed by atoms with Crippen molar-refractivity contribution in [2.75, 3.05) is 24.2 Å². The molecule has 2 aliphatic rings. The minimum atomic E-state index is -3.38. The minimum Gasteiger partial charge on any atom is -0.370 e. The van der Waals surface area contributed by atoms with Crippen LogP contribution in [0.3, 0.4) is 0 Å². The average molecular weight is 389 g/mol. The molecule has 1 aliphatic carbocycles. The highest BCUT2D eigenvalue weighted by Gasteiger charge is 2.32. The molecule has 4 rings (SSSR count). The van der Waals surface area contributed by atoms with Crippen molar-refractivity contribution in [3.05, 3.63) is 35.5 Å². The molecule has 2 heterocycles. The maximum atomic E-state index is 12.2. The van der Waals surface area contributed by atoms with Crippen LogP contribution in [0.4, 0.5) is 5.69 Å². The normalized spacial score (nSPS) is 18.7. The van der Waals surface area contributed by atoms with Crippen molar-refractivity contribution < 1.29 is 17.7 Å². The van der Waals surface area contributed by atoms with Crippen LogP contribution in [0.1, 0.15) is 66.5 Å². The molecule has 0 bridgehead atoms. The fourth-order valence-electron chi connectivity index (χ4n) is 3.58. The Balaban J connectivity index is 1.54. The number of ketones is 1. The number of Topliss-reactive ketones (excluding diaryl/α,β-unsaturated/α-hetero) is 1. The summed E-state index contributed by atoms with van der Waals surface area (Å²) in [6.07, 6.45) is 5.08. The Hall–Kier alpha value is -2.22. The third-order valence-electron chi connectivity index (χ3n) is 5.35. The van der Waals surface area contributed by atoms with E-state index in [9.17, 15) is 13.2 Å². The van der Waals surface area contributed by atoms with Crippen molar-refractivity contribution in [1.82, 2.24) is 10.1 Å². The van der Waals surface area contributed by atoms with Gasteiger partial charge >= 0.3 is 0 Å². The molecule has 1 aliphatic heterocycles. The van der Waals surface area contributed by atoms with Gasteiger partial charge in [0.1, 0.15) is 0 Å². The SMILES string of the molecule is CC(=O)c1ccc(S(C)(=O)=O)c(N2CCC(c3noc(C4CC4)n3)CC2)c1. The number of aromatic nitrogens is 2. The summed E-state index contributed by atoms with van der Waals surface area (Å²) < 4.78 is 29.8. The smallest absolute Gasteiger partial charge is 0.229 e. The van der Waals surface area contributed by atoms with Gasteiger partial charge in [-0.25, -0.2) is 8.42 Å². The van der Waals surface area contributed by atoms with Gasteiger partial charge in [0.15, 0.2) is 21.4 Å². The lowest BCUT2D eigenvalue weighted by Gasteiger charge is -2.33. The van der Waals surface area contributed by atoms with Crippen LogP contribution < -0.4 is 4.90 Å². The molecule has 0 amide bonds. The summed E-state index contributed by atoms with van der Waals surface area (Å²) in [5.41, 5.74) is 1.13. The highest BCUT2D eigenvalue weighted by atomic mass is 32.2. The summed E-state index contributed by atoms with van der Waals surface area (Å²) in [5.74, 6) is 2.09. The summed E-state index contributed by atoms with van der Waals surface area (Å²) in [4.78, 5) is 18.6. The zero-order chi connectivity index (χ0) is 19.2. The first-order valence-corrected chi connectivity index (χ1v) is 11.2. The Labute approximate surface area is 158 Å². The molecule has 27 heavy (non-hydrogen) atoms. The number of piperidine rings is 1. The molecule has 0 spiro atoms. The van der Waals surface area contributed by atoms with Crippen LogP contribution in [0.25, 0.3) is 0 Å². The maximum absolute atomic E-state index is 12.2. The maximum Gasteiger partial charge on any atom is 0.229 e. The number of rotatable bonds is 5. The zero-order valence-electron chi connectivity index (χ0n) is 15.5. The lowest BCUT2D eigenvalue weighted by Crippen LogP contribution is -2.34. The van der Waals surface area contributed by atoms with E-state index in [1.54, 1.807) is 12.1 Å². The second-order valence-corrected chi connectivity index (χ2v) is 9.52. The number of hydrogen-bond donors (Lipinski definition) is 0. The third kappa shape index (κ3) is 3.76.